The van der Waals surface area contributed by atoms with Crippen LogP contribution in [0.2, 0.25) is 0 Å². The molecule has 0 aliphatic carbocycles. The number of para-hydroxylation sites is 1. The zero-order valence-corrected chi connectivity index (χ0v) is 12.8. The fraction of sp³-hybridized carbons (Fsp3) is 0.0625. The molecule has 0 aliphatic rings. The number of nitrogens with one attached hydrogen (secondary N) is 1. The molecule has 0 radical (unpaired) electrons. The van der Waals surface area contributed by atoms with Crippen molar-refractivity contribution in [2.45, 2.75) is 0 Å². The number of carbonyl (C=O) groups excluding carboxylic acids is 1. The Balaban J connectivity index is 1.84. The molecule has 0 aliphatic heterocycles. The first-order chi connectivity index (χ1) is 10.2. The summed E-state index contributed by atoms with van der Waals surface area (Å²) in [5, 5.41) is 3.69. The number of ether oxygens (including phenoxy) is 1. The van der Waals surface area contributed by atoms with Crippen LogP contribution in [0.3, 0.4) is 0 Å². The van der Waals surface area contributed by atoms with E-state index in [-0.39, 0.29) is 11.7 Å². The average molecular weight is 346 g/mol. The van der Waals surface area contributed by atoms with Gasteiger partial charge in [-0.1, -0.05) is 18.2 Å². The number of anilines is 1. The summed E-state index contributed by atoms with van der Waals surface area (Å²) in [6.45, 7) is 0. The summed E-state index contributed by atoms with van der Waals surface area (Å²) in [5.74, 6) is 0.697. The second kappa shape index (κ2) is 5.61. The third kappa shape index (κ3) is 2.78. The first-order valence-corrected chi connectivity index (χ1v) is 7.10. The minimum Gasteiger partial charge on any atom is -0.496 e. The minimum atomic E-state index is -0.289. The van der Waals surface area contributed by atoms with Gasteiger partial charge in [0.2, 0.25) is 0 Å². The van der Waals surface area contributed by atoms with Crippen molar-refractivity contribution in [2.75, 3.05) is 12.4 Å². The Morgan fingerprint density at radius 2 is 2.00 bits per heavy atom. The highest BCUT2D eigenvalue weighted by molar-refractivity contribution is 9.10. The molecule has 0 bridgehead atoms. The van der Waals surface area contributed by atoms with Gasteiger partial charge in [-0.2, -0.15) is 0 Å². The summed E-state index contributed by atoms with van der Waals surface area (Å²) in [6.07, 6.45) is 0. The van der Waals surface area contributed by atoms with Gasteiger partial charge in [0.1, 0.15) is 11.3 Å². The predicted molar refractivity (Wildman–Crippen MR) is 84.9 cm³/mol. The van der Waals surface area contributed by atoms with Crippen molar-refractivity contribution in [3.63, 3.8) is 0 Å². The van der Waals surface area contributed by atoms with Gasteiger partial charge < -0.3 is 14.5 Å². The number of carbonyl (C=O) groups is 1. The molecule has 0 saturated heterocycles. The number of benzene rings is 2. The fourth-order valence-electron chi connectivity index (χ4n) is 2.03. The Morgan fingerprint density at radius 3 is 2.71 bits per heavy atom. The zero-order chi connectivity index (χ0) is 14.8. The second-order valence-corrected chi connectivity index (χ2v) is 5.31. The summed E-state index contributed by atoms with van der Waals surface area (Å²) < 4.78 is 11.5. The molecule has 1 heterocycles. The molecule has 0 saturated carbocycles. The lowest BCUT2D eigenvalue weighted by atomic mass is 10.2. The predicted octanol–water partition coefficient (Wildman–Crippen LogP) is 4.46. The van der Waals surface area contributed by atoms with Crippen molar-refractivity contribution in [3.8, 4) is 5.75 Å². The van der Waals surface area contributed by atoms with Crippen LogP contribution in [-0.2, 0) is 0 Å². The number of hydrogen-bond acceptors (Lipinski definition) is 3. The molecule has 3 aromatic rings. The molecular formula is C16H12BrNO3. The van der Waals surface area contributed by atoms with Crippen molar-refractivity contribution in [3.05, 3.63) is 58.8 Å². The molecular weight excluding hydrogens is 334 g/mol. The number of amides is 1. The molecule has 0 spiro atoms. The summed E-state index contributed by atoms with van der Waals surface area (Å²) in [5.41, 5.74) is 1.35. The Kier molecular flexibility index (Phi) is 3.66. The fourth-order valence-corrected chi connectivity index (χ4v) is 2.57. The van der Waals surface area contributed by atoms with Gasteiger partial charge in [0, 0.05) is 11.1 Å². The molecule has 2 aromatic carbocycles. The number of fused-ring (bicyclic) bond motifs is 1. The van der Waals surface area contributed by atoms with E-state index in [9.17, 15) is 4.79 Å². The van der Waals surface area contributed by atoms with Crippen LogP contribution in [0.5, 0.6) is 5.75 Å². The van der Waals surface area contributed by atoms with Crippen LogP contribution in [0.1, 0.15) is 10.6 Å². The largest absolute Gasteiger partial charge is 0.496 e. The highest BCUT2D eigenvalue weighted by Crippen LogP contribution is 2.28. The Bertz CT molecular complexity index is 777. The molecule has 5 heteroatoms. The van der Waals surface area contributed by atoms with E-state index < -0.39 is 0 Å². The van der Waals surface area contributed by atoms with Gasteiger partial charge in [-0.25, -0.2) is 0 Å². The summed E-state index contributed by atoms with van der Waals surface area (Å²) in [6, 6.07) is 14.6. The molecule has 0 fully saturated rings. The van der Waals surface area contributed by atoms with E-state index in [1.54, 1.807) is 31.4 Å². The SMILES string of the molecule is COc1ccc(NC(=O)c2cc3ccccc3o2)cc1Br. The Hall–Kier alpha value is -2.27. The van der Waals surface area contributed by atoms with E-state index >= 15 is 0 Å². The Morgan fingerprint density at radius 1 is 1.19 bits per heavy atom. The van der Waals surface area contributed by atoms with Crippen molar-refractivity contribution in [1.82, 2.24) is 0 Å². The number of rotatable bonds is 3. The molecule has 4 nitrogen and oxygen atoms in total. The third-order valence-corrected chi connectivity index (χ3v) is 3.68. The zero-order valence-electron chi connectivity index (χ0n) is 11.2. The maximum atomic E-state index is 12.2. The van der Waals surface area contributed by atoms with Crippen LogP contribution in [0.25, 0.3) is 11.0 Å². The first kappa shape index (κ1) is 13.7. The van der Waals surface area contributed by atoms with E-state index in [2.05, 4.69) is 21.2 Å². The first-order valence-electron chi connectivity index (χ1n) is 6.31. The van der Waals surface area contributed by atoms with Crippen LogP contribution < -0.4 is 10.1 Å². The van der Waals surface area contributed by atoms with E-state index in [1.807, 2.05) is 24.3 Å². The van der Waals surface area contributed by atoms with E-state index in [1.165, 1.54) is 0 Å². The smallest absolute Gasteiger partial charge is 0.291 e. The number of furan rings is 1. The minimum absolute atomic E-state index is 0.281. The lowest BCUT2D eigenvalue weighted by molar-refractivity contribution is 0.0998. The van der Waals surface area contributed by atoms with Gasteiger partial charge in [-0.15, -0.1) is 0 Å². The highest BCUT2D eigenvalue weighted by Gasteiger charge is 2.13. The molecule has 21 heavy (non-hydrogen) atoms. The standard InChI is InChI=1S/C16H12BrNO3/c1-20-14-7-6-11(9-12(14)17)18-16(19)15-8-10-4-2-3-5-13(10)21-15/h2-9H,1H3,(H,18,19). The molecule has 3 rings (SSSR count). The molecule has 0 atom stereocenters. The monoisotopic (exact) mass is 345 g/mol. The van der Waals surface area contributed by atoms with Gasteiger partial charge in [0.05, 0.1) is 11.6 Å². The van der Waals surface area contributed by atoms with Crippen LogP contribution in [0.4, 0.5) is 5.69 Å². The number of methoxy groups -OCH3 is 1. The molecule has 0 unspecified atom stereocenters. The van der Waals surface area contributed by atoms with Crippen molar-refractivity contribution in [1.29, 1.82) is 0 Å². The topological polar surface area (TPSA) is 51.5 Å². The maximum Gasteiger partial charge on any atom is 0.291 e. The lowest BCUT2D eigenvalue weighted by Gasteiger charge is -2.07. The quantitative estimate of drug-likeness (QED) is 0.762. The molecule has 106 valence electrons. The van der Waals surface area contributed by atoms with Crippen molar-refractivity contribution in [2.24, 2.45) is 0 Å². The van der Waals surface area contributed by atoms with Crippen LogP contribution in [0.15, 0.2) is 57.4 Å². The van der Waals surface area contributed by atoms with Gasteiger partial charge in [-0.05, 0) is 46.3 Å². The van der Waals surface area contributed by atoms with Crippen LogP contribution >= 0.6 is 15.9 Å². The van der Waals surface area contributed by atoms with Crippen molar-refractivity contribution < 1.29 is 13.9 Å². The lowest BCUT2D eigenvalue weighted by Crippen LogP contribution is -2.10. The van der Waals surface area contributed by atoms with E-state index in [0.717, 1.165) is 9.86 Å². The van der Waals surface area contributed by atoms with E-state index in [4.69, 9.17) is 9.15 Å². The second-order valence-electron chi connectivity index (χ2n) is 4.45. The maximum absolute atomic E-state index is 12.2. The van der Waals surface area contributed by atoms with Crippen molar-refractivity contribution >= 4 is 38.5 Å². The van der Waals surface area contributed by atoms with Gasteiger partial charge in [0.25, 0.3) is 5.91 Å². The highest BCUT2D eigenvalue weighted by atomic mass is 79.9. The van der Waals surface area contributed by atoms with Crippen LogP contribution in [0, 0.1) is 0 Å². The van der Waals surface area contributed by atoms with Gasteiger partial charge in [-0.3, -0.25) is 4.79 Å². The van der Waals surface area contributed by atoms with Gasteiger partial charge in [0.15, 0.2) is 5.76 Å². The van der Waals surface area contributed by atoms with E-state index in [0.29, 0.717) is 17.0 Å². The molecule has 1 aromatic heterocycles. The van der Waals surface area contributed by atoms with Crippen LogP contribution in [-0.4, -0.2) is 13.0 Å². The Labute approximate surface area is 129 Å². The normalized spacial score (nSPS) is 10.6. The number of halogens is 1. The number of hydrogen-bond donors (Lipinski definition) is 1. The third-order valence-electron chi connectivity index (χ3n) is 3.06. The molecule has 1 amide bonds. The summed E-state index contributed by atoms with van der Waals surface area (Å²) >= 11 is 3.38. The van der Waals surface area contributed by atoms with Gasteiger partial charge >= 0.3 is 0 Å². The average Bonchev–Trinajstić information content (AvgIpc) is 2.91. The summed E-state index contributed by atoms with van der Waals surface area (Å²) in [4.78, 5) is 12.2. The molecule has 1 N–H and O–H groups in total. The summed E-state index contributed by atoms with van der Waals surface area (Å²) in [7, 11) is 1.59.